The van der Waals surface area contributed by atoms with Crippen molar-refractivity contribution in [1.29, 1.82) is 0 Å². The van der Waals surface area contributed by atoms with Crippen molar-refractivity contribution >= 4 is 17.6 Å². The lowest BCUT2D eigenvalue weighted by molar-refractivity contribution is -0.137. The molecule has 1 aromatic rings. The monoisotopic (exact) mass is 367 g/mol. The number of benzene rings is 1. The molecule has 0 radical (unpaired) electrons. The maximum absolute atomic E-state index is 13.1. The Hall–Kier alpha value is -2.21. The number of carbonyl (C=O) groups is 3. The molecule has 0 unspecified atom stereocenters. The number of nitrogens with zero attached hydrogens (tertiary/aromatic N) is 1. The van der Waals surface area contributed by atoms with Gasteiger partial charge in [-0.1, -0.05) is 44.9 Å². The molecule has 0 fully saturated rings. The molecule has 6 heteroatoms. The molecule has 26 heavy (non-hydrogen) atoms. The normalized spacial score (nSPS) is 28.6. The van der Waals surface area contributed by atoms with Crippen molar-refractivity contribution in [2.45, 2.75) is 45.7 Å². The van der Waals surface area contributed by atoms with Gasteiger partial charge in [0, 0.05) is 27.3 Å². The third-order valence-electron chi connectivity index (χ3n) is 4.16. The summed E-state index contributed by atoms with van der Waals surface area (Å²) < 4.78 is 57.2. The van der Waals surface area contributed by atoms with E-state index in [2.05, 4.69) is 5.32 Å². The molecule has 0 spiro atoms. The Labute approximate surface area is 164 Å². The van der Waals surface area contributed by atoms with Crippen molar-refractivity contribution in [2.24, 2.45) is 11.8 Å². The zero-order valence-electron chi connectivity index (χ0n) is 22.3. The summed E-state index contributed by atoms with van der Waals surface area (Å²) in [4.78, 5) is 39.6. The number of hydrogen-bond acceptors (Lipinski definition) is 4. The number of likely N-dealkylation sites (N-methyl/N-ethyl adjacent to an activating group) is 1. The van der Waals surface area contributed by atoms with E-state index in [0.717, 1.165) is 11.8 Å². The number of ketones is 1. The molecule has 1 aliphatic rings. The SMILES string of the molecule is [2H]c1c([2H])c([2H])c2c(c1[2H])CCN(C)C(=O)[C@@]2([2H])NC(=O)[C@]([2H])(C)CC(=O)[C@@]([2H])(O)C(C)C. The number of carbonyl (C=O) groups excluding carboxylic acids is 3. The van der Waals surface area contributed by atoms with E-state index in [1.54, 1.807) is 0 Å². The fraction of sp³-hybridized carbons (Fsp3) is 0.550. The molecule has 0 aromatic heterocycles. The first-order valence-electron chi connectivity index (χ1n) is 11.8. The maximum atomic E-state index is 13.1. The van der Waals surface area contributed by atoms with Gasteiger partial charge in [0.25, 0.3) is 0 Å². The lowest BCUT2D eigenvalue weighted by atomic mass is 9.94. The molecule has 142 valence electrons. The molecule has 0 bridgehead atoms. The van der Waals surface area contributed by atoms with E-state index in [4.69, 9.17) is 9.60 Å². The number of fused-ring (bicyclic) bond motifs is 1. The maximum Gasteiger partial charge on any atom is 0.249 e. The molecule has 1 heterocycles. The summed E-state index contributed by atoms with van der Waals surface area (Å²) in [5.41, 5.74) is -0.422. The fourth-order valence-electron chi connectivity index (χ4n) is 2.49. The van der Waals surface area contributed by atoms with Crippen LogP contribution in [0.3, 0.4) is 0 Å². The van der Waals surface area contributed by atoms with Gasteiger partial charge >= 0.3 is 0 Å². The molecular weight excluding hydrogens is 332 g/mol. The van der Waals surface area contributed by atoms with Gasteiger partial charge in [-0.25, -0.2) is 0 Å². The third-order valence-corrected chi connectivity index (χ3v) is 4.16. The Morgan fingerprint density at radius 1 is 1.42 bits per heavy atom. The van der Waals surface area contributed by atoms with Crippen LogP contribution in [0, 0.1) is 11.8 Å². The number of nitrogens with one attached hydrogen (secondary N) is 1. The Bertz CT molecular complexity index is 1010. The van der Waals surface area contributed by atoms with Crippen molar-refractivity contribution < 1.29 is 29.1 Å². The minimum absolute atomic E-state index is 0.00268. The highest BCUT2D eigenvalue weighted by atomic mass is 16.3. The number of aliphatic hydroxyl groups is 1. The first-order chi connectivity index (χ1) is 14.9. The van der Waals surface area contributed by atoms with Crippen LogP contribution in [0.15, 0.2) is 24.2 Å². The van der Waals surface area contributed by atoms with Crippen LogP contribution in [0.1, 0.15) is 53.9 Å². The third kappa shape index (κ3) is 4.49. The van der Waals surface area contributed by atoms with Gasteiger partial charge in [-0.3, -0.25) is 14.4 Å². The summed E-state index contributed by atoms with van der Waals surface area (Å²) in [6.07, 6.45) is -3.40. The Morgan fingerprint density at radius 3 is 2.73 bits per heavy atom. The lowest BCUT2D eigenvalue weighted by Gasteiger charge is -2.24. The molecule has 0 saturated carbocycles. The van der Waals surface area contributed by atoms with E-state index in [1.165, 1.54) is 20.9 Å². The second-order valence-electron chi connectivity index (χ2n) is 6.58. The van der Waals surface area contributed by atoms with Crippen LogP contribution in [-0.2, 0) is 20.8 Å². The van der Waals surface area contributed by atoms with E-state index < -0.39 is 77.7 Å². The number of rotatable bonds is 6. The molecule has 0 aliphatic carbocycles. The van der Waals surface area contributed by atoms with Crippen LogP contribution < -0.4 is 5.32 Å². The van der Waals surface area contributed by atoms with Crippen LogP contribution in [-0.4, -0.2) is 47.3 Å². The molecule has 2 amide bonds. The van der Waals surface area contributed by atoms with Crippen molar-refractivity contribution in [3.8, 4) is 0 Å². The number of hydrogen-bond donors (Lipinski definition) is 2. The van der Waals surface area contributed by atoms with Gasteiger partial charge in [0.1, 0.15) is 12.1 Å². The van der Waals surface area contributed by atoms with Crippen molar-refractivity contribution in [3.05, 3.63) is 35.3 Å². The van der Waals surface area contributed by atoms with Crippen molar-refractivity contribution in [2.75, 3.05) is 13.6 Å². The average Bonchev–Trinajstić information content (AvgIpc) is 2.80. The van der Waals surface area contributed by atoms with Gasteiger partial charge in [0.2, 0.25) is 11.8 Å². The van der Waals surface area contributed by atoms with Crippen LogP contribution in [0.25, 0.3) is 0 Å². The molecule has 0 saturated heterocycles. The van der Waals surface area contributed by atoms with Gasteiger partial charge in [-0.05, 0) is 23.5 Å². The van der Waals surface area contributed by atoms with Gasteiger partial charge in [0.05, 0.1) is 8.22 Å². The zero-order chi connectivity index (χ0) is 25.7. The molecular formula is C20H28N2O4. The molecule has 1 aliphatic heterocycles. The van der Waals surface area contributed by atoms with E-state index in [9.17, 15) is 19.5 Å². The highest BCUT2D eigenvalue weighted by Crippen LogP contribution is 2.25. The van der Waals surface area contributed by atoms with Gasteiger partial charge < -0.3 is 15.3 Å². The average molecular weight is 367 g/mol. The summed E-state index contributed by atoms with van der Waals surface area (Å²) in [7, 11) is 1.35. The lowest BCUT2D eigenvalue weighted by Crippen LogP contribution is -2.43. The molecule has 2 rings (SSSR count). The smallest absolute Gasteiger partial charge is 0.249 e. The minimum atomic E-state index is -2.69. The summed E-state index contributed by atoms with van der Waals surface area (Å²) in [6.45, 7) is 3.91. The summed E-state index contributed by atoms with van der Waals surface area (Å²) in [6, 6.07) is -4.99. The van der Waals surface area contributed by atoms with Gasteiger partial charge in [-0.15, -0.1) is 0 Å². The largest absolute Gasteiger partial charge is 0.385 e. The van der Waals surface area contributed by atoms with Crippen LogP contribution in [0.4, 0.5) is 0 Å². The fourth-order valence-corrected chi connectivity index (χ4v) is 2.49. The van der Waals surface area contributed by atoms with Crippen molar-refractivity contribution in [3.63, 3.8) is 0 Å². The zero-order valence-corrected chi connectivity index (χ0v) is 15.3. The van der Waals surface area contributed by atoms with Crippen LogP contribution in [0.2, 0.25) is 0 Å². The standard InChI is InChI=1S/C20H28N2O4/c1-12(2)18(24)16(23)11-13(3)19(25)21-17-15-8-6-5-7-14(15)9-10-22(4)20(17)26/h5-8,12-13,17-18,24H,9-11H2,1-4H3,(H,21,25)/t13-,17+,18+/m1/s1/i5D,6D,7D,8D,13D,17D,18D. The van der Waals surface area contributed by atoms with E-state index in [0.29, 0.717) is 0 Å². The van der Waals surface area contributed by atoms with Gasteiger partial charge in [0.15, 0.2) is 5.78 Å². The first kappa shape index (κ1) is 12.2. The molecule has 6 nitrogen and oxygen atoms in total. The molecule has 3 atom stereocenters. The summed E-state index contributed by atoms with van der Waals surface area (Å²) in [5.74, 6) is -6.40. The Balaban J connectivity index is 2.56. The highest BCUT2D eigenvalue weighted by Gasteiger charge is 2.32. The topological polar surface area (TPSA) is 86.7 Å². The predicted molar refractivity (Wildman–Crippen MR) is 98.3 cm³/mol. The number of Topliss-reactive ketones (excluding diaryl/α,β-unsaturated/α-hetero) is 1. The minimum Gasteiger partial charge on any atom is -0.385 e. The Morgan fingerprint density at radius 2 is 2.08 bits per heavy atom. The van der Waals surface area contributed by atoms with E-state index in [-0.39, 0.29) is 18.5 Å². The van der Waals surface area contributed by atoms with Crippen molar-refractivity contribution in [1.82, 2.24) is 10.2 Å². The summed E-state index contributed by atoms with van der Waals surface area (Å²) >= 11 is 0. The van der Waals surface area contributed by atoms with Crippen LogP contribution >= 0.6 is 0 Å². The molecule has 1 aromatic carbocycles. The predicted octanol–water partition coefficient (Wildman–Crippen LogP) is 1.47. The quantitative estimate of drug-likeness (QED) is 0.797. The number of amides is 2. The highest BCUT2D eigenvalue weighted by molar-refractivity contribution is 5.92. The van der Waals surface area contributed by atoms with Crippen LogP contribution in [0.5, 0.6) is 0 Å². The Kier molecular flexibility index (Phi) is 3.97. The van der Waals surface area contributed by atoms with E-state index >= 15 is 0 Å². The summed E-state index contributed by atoms with van der Waals surface area (Å²) in [5, 5.41) is 12.2. The first-order valence-corrected chi connectivity index (χ1v) is 8.33. The van der Waals surface area contributed by atoms with E-state index in [1.807, 2.05) is 0 Å². The molecule has 2 N–H and O–H groups in total. The second kappa shape index (κ2) is 8.45. The van der Waals surface area contributed by atoms with Gasteiger partial charge in [-0.2, -0.15) is 0 Å². The second-order valence-corrected chi connectivity index (χ2v) is 6.58.